The third kappa shape index (κ3) is 5.74. The Bertz CT molecular complexity index is 720. The van der Waals surface area contributed by atoms with Crippen LogP contribution in [-0.2, 0) is 0 Å². The topological polar surface area (TPSA) is 47.6 Å². The molecule has 0 saturated heterocycles. The molecule has 0 spiro atoms. The van der Waals surface area contributed by atoms with Crippen LogP contribution in [0.4, 0.5) is 4.39 Å². The van der Waals surface area contributed by atoms with Crippen LogP contribution < -0.4 is 0 Å². The summed E-state index contributed by atoms with van der Waals surface area (Å²) in [5.41, 5.74) is 3.73. The van der Waals surface area contributed by atoms with Crippen LogP contribution in [0.1, 0.15) is 41.7 Å². The average Bonchev–Trinajstić information content (AvgIpc) is 2.60. The van der Waals surface area contributed by atoms with Crippen LogP contribution in [0.3, 0.4) is 0 Å². The molecule has 2 rings (SSSR count). The van der Waals surface area contributed by atoms with Gasteiger partial charge in [0, 0.05) is 10.0 Å². The Labute approximate surface area is 160 Å². The highest BCUT2D eigenvalue weighted by atomic mass is 79.9. The average molecular weight is 454 g/mol. The summed E-state index contributed by atoms with van der Waals surface area (Å²) in [6.07, 6.45) is 0. The van der Waals surface area contributed by atoms with Crippen molar-refractivity contribution in [3.63, 3.8) is 0 Å². The van der Waals surface area contributed by atoms with Crippen LogP contribution in [0.15, 0.2) is 33.2 Å². The molecule has 24 heavy (non-hydrogen) atoms. The standard InChI is InChI=1S/C9H8BrN.C8H5BrFN.C2H6/c1-6-7(2)9(10)4-3-8(6)5-11;1-5-6(4-11)2-3-7(9)8(5)10;1-2/h3-4H,1-2H3;2-3H,1H3;1-2H3. The van der Waals surface area contributed by atoms with Gasteiger partial charge in [-0.15, -0.1) is 0 Å². The van der Waals surface area contributed by atoms with Crippen molar-refractivity contribution in [1.82, 2.24) is 0 Å². The largest absolute Gasteiger partial charge is 0.205 e. The van der Waals surface area contributed by atoms with Crippen LogP contribution in [-0.4, -0.2) is 0 Å². The predicted molar refractivity (Wildman–Crippen MR) is 103 cm³/mol. The van der Waals surface area contributed by atoms with Gasteiger partial charge in [0.2, 0.25) is 0 Å². The highest BCUT2D eigenvalue weighted by Crippen LogP contribution is 2.22. The van der Waals surface area contributed by atoms with Crippen molar-refractivity contribution in [3.05, 3.63) is 66.8 Å². The zero-order valence-corrected chi connectivity index (χ0v) is 17.5. The summed E-state index contributed by atoms with van der Waals surface area (Å²) in [6.45, 7) is 9.54. The van der Waals surface area contributed by atoms with E-state index < -0.39 is 0 Å². The Morgan fingerprint density at radius 2 is 1.17 bits per heavy atom. The Balaban J connectivity index is 0.000000400. The van der Waals surface area contributed by atoms with Gasteiger partial charge in [0.1, 0.15) is 5.82 Å². The number of nitriles is 2. The zero-order valence-electron chi connectivity index (χ0n) is 14.3. The number of rotatable bonds is 0. The van der Waals surface area contributed by atoms with Crippen molar-refractivity contribution < 1.29 is 4.39 Å². The van der Waals surface area contributed by atoms with Crippen molar-refractivity contribution in [2.24, 2.45) is 0 Å². The third-order valence-corrected chi connectivity index (χ3v) is 4.77. The van der Waals surface area contributed by atoms with Crippen LogP contribution in [0.5, 0.6) is 0 Å². The molecule has 0 aromatic heterocycles. The molecule has 0 heterocycles. The minimum atomic E-state index is -0.357. The van der Waals surface area contributed by atoms with E-state index in [1.807, 2.05) is 45.9 Å². The summed E-state index contributed by atoms with van der Waals surface area (Å²) in [7, 11) is 0. The van der Waals surface area contributed by atoms with E-state index in [1.54, 1.807) is 13.0 Å². The maximum atomic E-state index is 13.0. The maximum absolute atomic E-state index is 13.0. The lowest BCUT2D eigenvalue weighted by molar-refractivity contribution is 0.611. The van der Waals surface area contributed by atoms with Crippen molar-refractivity contribution in [2.75, 3.05) is 0 Å². The molecule has 0 aliphatic rings. The zero-order chi connectivity index (χ0) is 18.9. The summed E-state index contributed by atoms with van der Waals surface area (Å²) in [5, 5.41) is 17.2. The summed E-state index contributed by atoms with van der Waals surface area (Å²) >= 11 is 6.42. The molecule has 2 nitrogen and oxygen atoms in total. The number of halogens is 3. The molecule has 0 aliphatic heterocycles. The SMILES string of the molecule is CC.Cc1c(Br)ccc(C#N)c1C.Cc1c(C#N)ccc(Br)c1F. The third-order valence-electron chi connectivity index (χ3n) is 3.30. The van der Waals surface area contributed by atoms with E-state index in [0.29, 0.717) is 15.6 Å². The van der Waals surface area contributed by atoms with Gasteiger partial charge in [-0.05, 0) is 72.1 Å². The maximum Gasteiger partial charge on any atom is 0.141 e. The van der Waals surface area contributed by atoms with Crippen LogP contribution in [0.25, 0.3) is 0 Å². The van der Waals surface area contributed by atoms with Gasteiger partial charge in [-0.1, -0.05) is 29.8 Å². The molecular weight excluding hydrogens is 435 g/mol. The molecule has 0 amide bonds. The molecule has 0 aliphatic carbocycles. The van der Waals surface area contributed by atoms with Crippen LogP contribution in [0.2, 0.25) is 0 Å². The smallest absolute Gasteiger partial charge is 0.141 e. The monoisotopic (exact) mass is 452 g/mol. The van der Waals surface area contributed by atoms with Gasteiger partial charge in [0.25, 0.3) is 0 Å². The van der Waals surface area contributed by atoms with E-state index >= 15 is 0 Å². The first-order valence-corrected chi connectivity index (χ1v) is 8.92. The predicted octanol–water partition coefficient (Wildman–Crippen LogP) is 6.73. The van der Waals surface area contributed by atoms with Crippen LogP contribution >= 0.6 is 31.9 Å². The highest BCUT2D eigenvalue weighted by Gasteiger charge is 2.06. The van der Waals surface area contributed by atoms with Crippen molar-refractivity contribution in [1.29, 1.82) is 10.5 Å². The summed E-state index contributed by atoms with van der Waals surface area (Å²) < 4.78 is 14.4. The quantitative estimate of drug-likeness (QED) is 0.443. The summed E-state index contributed by atoms with van der Waals surface area (Å²) in [4.78, 5) is 0. The molecule has 0 fully saturated rings. The molecule has 5 heteroatoms. The number of hydrogen-bond acceptors (Lipinski definition) is 2. The second-order valence-electron chi connectivity index (χ2n) is 4.60. The minimum absolute atomic E-state index is 0.357. The van der Waals surface area contributed by atoms with E-state index in [1.165, 1.54) is 6.07 Å². The van der Waals surface area contributed by atoms with Gasteiger partial charge in [0.05, 0.1) is 27.7 Å². The van der Waals surface area contributed by atoms with Gasteiger partial charge >= 0.3 is 0 Å². The fourth-order valence-electron chi connectivity index (χ4n) is 1.68. The Morgan fingerprint density at radius 3 is 1.62 bits per heavy atom. The normalized spacial score (nSPS) is 8.75. The first kappa shape index (κ1) is 22.3. The number of hydrogen-bond donors (Lipinski definition) is 0. The van der Waals surface area contributed by atoms with Gasteiger partial charge in [-0.2, -0.15) is 10.5 Å². The van der Waals surface area contributed by atoms with Gasteiger partial charge in [-0.25, -0.2) is 4.39 Å². The summed E-state index contributed by atoms with van der Waals surface area (Å²) in [6, 6.07) is 10.9. The van der Waals surface area contributed by atoms with E-state index in [2.05, 4.69) is 37.9 Å². The first-order valence-electron chi connectivity index (χ1n) is 7.34. The fourth-order valence-corrected chi connectivity index (χ4v) is 2.54. The molecule has 126 valence electrons. The fraction of sp³-hybridized carbons (Fsp3) is 0.263. The van der Waals surface area contributed by atoms with E-state index in [-0.39, 0.29) is 5.82 Å². The highest BCUT2D eigenvalue weighted by molar-refractivity contribution is 9.10. The molecule has 0 radical (unpaired) electrons. The Morgan fingerprint density at radius 1 is 0.750 bits per heavy atom. The second-order valence-corrected chi connectivity index (χ2v) is 6.31. The molecule has 2 aromatic rings. The van der Waals surface area contributed by atoms with Gasteiger partial charge in [0.15, 0.2) is 0 Å². The molecule has 0 atom stereocenters. The second kappa shape index (κ2) is 11.0. The molecule has 0 saturated carbocycles. The lowest BCUT2D eigenvalue weighted by Crippen LogP contribution is -1.88. The van der Waals surface area contributed by atoms with Crippen LogP contribution in [0, 0.1) is 49.3 Å². The molecule has 0 bridgehead atoms. The number of benzene rings is 2. The lowest BCUT2D eigenvalue weighted by atomic mass is 10.1. The van der Waals surface area contributed by atoms with E-state index in [0.717, 1.165) is 21.2 Å². The minimum Gasteiger partial charge on any atom is -0.205 e. The van der Waals surface area contributed by atoms with Crippen molar-refractivity contribution in [2.45, 2.75) is 34.6 Å². The first-order chi connectivity index (χ1) is 11.3. The molecule has 0 unspecified atom stereocenters. The molecule has 2 aromatic carbocycles. The number of nitrogens with zero attached hydrogens (tertiary/aromatic N) is 2. The summed E-state index contributed by atoms with van der Waals surface area (Å²) in [5.74, 6) is -0.357. The van der Waals surface area contributed by atoms with Crippen molar-refractivity contribution in [3.8, 4) is 12.1 Å². The van der Waals surface area contributed by atoms with Gasteiger partial charge in [-0.3, -0.25) is 0 Å². The lowest BCUT2D eigenvalue weighted by Gasteiger charge is -2.03. The Hall–Kier alpha value is -1.69. The van der Waals surface area contributed by atoms with Crippen molar-refractivity contribution >= 4 is 31.9 Å². The molecular formula is C19H19Br2FN2. The molecule has 0 N–H and O–H groups in total. The Kier molecular flexibility index (Phi) is 10.2. The van der Waals surface area contributed by atoms with Gasteiger partial charge < -0.3 is 0 Å². The van der Waals surface area contributed by atoms with E-state index in [9.17, 15) is 4.39 Å². The van der Waals surface area contributed by atoms with E-state index in [4.69, 9.17) is 10.5 Å².